The van der Waals surface area contributed by atoms with Gasteiger partial charge in [0.1, 0.15) is 11.2 Å². The largest absolute Gasteiger partial charge is 0.321 e. The van der Waals surface area contributed by atoms with Crippen molar-refractivity contribution in [2.45, 2.75) is 39.2 Å². The molecule has 1 saturated carbocycles. The maximum atomic E-state index is 4.93. The predicted molar refractivity (Wildman–Crippen MR) is 152 cm³/mol. The summed E-state index contributed by atoms with van der Waals surface area (Å²) in [7, 11) is 0. The second-order valence-corrected chi connectivity index (χ2v) is 11.4. The van der Waals surface area contributed by atoms with Crippen molar-refractivity contribution in [3.63, 3.8) is 0 Å². The number of pyridine rings is 3. The number of fused-ring (bicyclic) bond motifs is 2. The molecule has 1 fully saturated rings. The molecule has 0 amide bonds. The van der Waals surface area contributed by atoms with Crippen LogP contribution in [0, 0.1) is 12.8 Å². The third kappa shape index (κ3) is 4.37. The summed E-state index contributed by atoms with van der Waals surface area (Å²) < 4.78 is 0. The van der Waals surface area contributed by atoms with Gasteiger partial charge in [-0.1, -0.05) is 12.8 Å². The van der Waals surface area contributed by atoms with E-state index in [-0.39, 0.29) is 0 Å². The standard InChI is InChI=1S/C29H28N8S/c1-17-6-7-24(38-17)22-8-9-32-28-25(22)34-29(35-28)26-23-11-21(16-33-27(23)37-36-26)20-10-19(14-31-15-20)13-30-12-18-4-2-3-5-18/h6-11,14-16,18,30H,2-5,12-13H2,1H3,(H,32,34,35)(H,33,36,37). The predicted octanol–water partition coefficient (Wildman–Crippen LogP) is 6.27. The summed E-state index contributed by atoms with van der Waals surface area (Å²) in [5, 5.41) is 12.1. The van der Waals surface area contributed by atoms with Crippen molar-refractivity contribution in [2.75, 3.05) is 6.54 Å². The SMILES string of the molecule is Cc1ccc(-c2ccnc3[nH]c(-c4n[nH]c5ncc(-c6cncc(CNCC7CCCC7)c6)cc45)nc23)s1. The molecule has 0 spiro atoms. The van der Waals surface area contributed by atoms with Gasteiger partial charge < -0.3 is 10.3 Å². The smallest absolute Gasteiger partial charge is 0.161 e. The Kier molecular flexibility index (Phi) is 5.94. The summed E-state index contributed by atoms with van der Waals surface area (Å²) in [5.41, 5.74) is 7.29. The van der Waals surface area contributed by atoms with Crippen LogP contribution in [0.15, 0.2) is 55.1 Å². The van der Waals surface area contributed by atoms with Crippen molar-refractivity contribution in [1.82, 2.24) is 40.4 Å². The van der Waals surface area contributed by atoms with Crippen molar-refractivity contribution < 1.29 is 0 Å². The Balaban J connectivity index is 1.20. The van der Waals surface area contributed by atoms with Crippen LogP contribution in [0.5, 0.6) is 0 Å². The van der Waals surface area contributed by atoms with Gasteiger partial charge in [-0.3, -0.25) is 10.1 Å². The van der Waals surface area contributed by atoms with E-state index in [0.717, 1.165) is 57.9 Å². The maximum absolute atomic E-state index is 4.93. The van der Waals surface area contributed by atoms with Gasteiger partial charge in [0.25, 0.3) is 0 Å². The molecular weight excluding hydrogens is 492 g/mol. The normalized spacial score (nSPS) is 14.2. The van der Waals surface area contributed by atoms with E-state index in [4.69, 9.17) is 4.98 Å². The summed E-state index contributed by atoms with van der Waals surface area (Å²) >= 11 is 1.75. The first-order valence-corrected chi connectivity index (χ1v) is 13.9. The minimum Gasteiger partial charge on any atom is -0.321 e. The molecule has 6 aromatic rings. The van der Waals surface area contributed by atoms with Gasteiger partial charge in [0.2, 0.25) is 0 Å². The molecule has 190 valence electrons. The van der Waals surface area contributed by atoms with Crippen LogP contribution in [0.1, 0.15) is 36.1 Å². The molecule has 0 bridgehead atoms. The van der Waals surface area contributed by atoms with Crippen molar-refractivity contribution >= 4 is 33.5 Å². The lowest BCUT2D eigenvalue weighted by atomic mass is 10.1. The van der Waals surface area contributed by atoms with Gasteiger partial charge in [0.05, 0.1) is 5.39 Å². The molecule has 0 atom stereocenters. The summed E-state index contributed by atoms with van der Waals surface area (Å²) in [6.45, 7) is 4.01. The maximum Gasteiger partial charge on any atom is 0.161 e. The third-order valence-electron chi connectivity index (χ3n) is 7.40. The molecular formula is C29H28N8S. The summed E-state index contributed by atoms with van der Waals surface area (Å²) in [5.74, 6) is 1.48. The minimum absolute atomic E-state index is 0.668. The van der Waals surface area contributed by atoms with Crippen LogP contribution >= 0.6 is 11.3 Å². The average Bonchev–Trinajstić information content (AvgIpc) is 3.74. The molecule has 9 heteroatoms. The van der Waals surface area contributed by atoms with Gasteiger partial charge >= 0.3 is 0 Å². The molecule has 1 aliphatic carbocycles. The van der Waals surface area contributed by atoms with Crippen LogP contribution in [-0.4, -0.2) is 41.7 Å². The highest BCUT2D eigenvalue weighted by Gasteiger charge is 2.18. The minimum atomic E-state index is 0.668. The molecule has 1 aliphatic rings. The third-order valence-corrected chi connectivity index (χ3v) is 8.43. The van der Waals surface area contributed by atoms with Crippen molar-refractivity contribution in [2.24, 2.45) is 5.92 Å². The highest BCUT2D eigenvalue weighted by Crippen LogP contribution is 2.34. The number of hydrogen-bond acceptors (Lipinski definition) is 7. The molecule has 6 heterocycles. The number of aromatic nitrogens is 7. The lowest BCUT2D eigenvalue weighted by Gasteiger charge is -2.11. The Labute approximate surface area is 224 Å². The molecule has 7 rings (SSSR count). The summed E-state index contributed by atoms with van der Waals surface area (Å²) in [4.78, 5) is 24.4. The zero-order chi connectivity index (χ0) is 25.5. The van der Waals surface area contributed by atoms with Crippen molar-refractivity contribution in [1.29, 1.82) is 0 Å². The van der Waals surface area contributed by atoms with Crippen LogP contribution in [0.2, 0.25) is 0 Å². The van der Waals surface area contributed by atoms with Crippen molar-refractivity contribution in [3.05, 3.63) is 65.6 Å². The molecule has 0 radical (unpaired) electrons. The first kappa shape index (κ1) is 23.2. The zero-order valence-electron chi connectivity index (χ0n) is 21.2. The Bertz CT molecular complexity index is 1740. The van der Waals surface area contributed by atoms with E-state index >= 15 is 0 Å². The molecule has 8 nitrogen and oxygen atoms in total. The number of aromatic amines is 2. The van der Waals surface area contributed by atoms with E-state index in [0.29, 0.717) is 11.5 Å². The van der Waals surface area contributed by atoms with Crippen molar-refractivity contribution in [3.8, 4) is 33.1 Å². The highest BCUT2D eigenvalue weighted by molar-refractivity contribution is 7.15. The van der Waals surface area contributed by atoms with E-state index in [1.54, 1.807) is 11.3 Å². The van der Waals surface area contributed by atoms with Crippen LogP contribution in [0.25, 0.3) is 55.3 Å². The molecule has 6 aromatic heterocycles. The lowest BCUT2D eigenvalue weighted by Crippen LogP contribution is -2.20. The van der Waals surface area contributed by atoms with E-state index in [1.165, 1.54) is 41.0 Å². The van der Waals surface area contributed by atoms with Crippen LogP contribution in [-0.2, 0) is 6.54 Å². The van der Waals surface area contributed by atoms with E-state index in [2.05, 4.69) is 66.6 Å². The fourth-order valence-electron chi connectivity index (χ4n) is 5.42. The first-order valence-electron chi connectivity index (χ1n) is 13.1. The number of nitrogens with one attached hydrogen (secondary N) is 3. The van der Waals surface area contributed by atoms with Crippen LogP contribution in [0.3, 0.4) is 0 Å². The Morgan fingerprint density at radius 3 is 2.76 bits per heavy atom. The Hall–Kier alpha value is -3.95. The van der Waals surface area contributed by atoms with Crippen LogP contribution < -0.4 is 5.32 Å². The van der Waals surface area contributed by atoms with Crippen LogP contribution in [0.4, 0.5) is 0 Å². The molecule has 0 aliphatic heterocycles. The van der Waals surface area contributed by atoms with Gasteiger partial charge in [0.15, 0.2) is 17.1 Å². The summed E-state index contributed by atoms with van der Waals surface area (Å²) in [6, 6.07) is 10.6. The molecule has 0 aromatic carbocycles. The Morgan fingerprint density at radius 2 is 1.89 bits per heavy atom. The van der Waals surface area contributed by atoms with Gasteiger partial charge in [0, 0.05) is 57.8 Å². The number of nitrogens with zero attached hydrogens (tertiary/aromatic N) is 5. The fraction of sp³-hybridized carbons (Fsp3) is 0.276. The fourth-order valence-corrected chi connectivity index (χ4v) is 6.31. The number of imidazole rings is 1. The first-order chi connectivity index (χ1) is 18.7. The van der Waals surface area contributed by atoms with Gasteiger partial charge in [-0.25, -0.2) is 15.0 Å². The second-order valence-electron chi connectivity index (χ2n) is 10.1. The topological polar surface area (TPSA) is 108 Å². The van der Waals surface area contributed by atoms with E-state index in [9.17, 15) is 0 Å². The highest BCUT2D eigenvalue weighted by atomic mass is 32.1. The number of aryl methyl sites for hydroxylation is 1. The van der Waals surface area contributed by atoms with Gasteiger partial charge in [-0.2, -0.15) is 5.10 Å². The average molecular weight is 521 g/mol. The lowest BCUT2D eigenvalue weighted by molar-refractivity contribution is 0.489. The van der Waals surface area contributed by atoms with Gasteiger partial charge in [-0.05, 0) is 68.1 Å². The number of rotatable bonds is 7. The second kappa shape index (κ2) is 9.74. The Morgan fingerprint density at radius 1 is 1.00 bits per heavy atom. The number of H-pyrrole nitrogens is 2. The summed E-state index contributed by atoms with van der Waals surface area (Å²) in [6.07, 6.45) is 13.0. The van der Waals surface area contributed by atoms with E-state index in [1.807, 2.05) is 30.9 Å². The molecule has 0 saturated heterocycles. The molecule has 3 N–H and O–H groups in total. The monoisotopic (exact) mass is 520 g/mol. The van der Waals surface area contributed by atoms with Gasteiger partial charge in [-0.15, -0.1) is 11.3 Å². The number of thiophene rings is 1. The zero-order valence-corrected chi connectivity index (χ0v) is 22.0. The molecule has 0 unspecified atom stereocenters. The number of hydrogen-bond donors (Lipinski definition) is 3. The van der Waals surface area contributed by atoms with E-state index < -0.39 is 0 Å². The molecule has 38 heavy (non-hydrogen) atoms. The quantitative estimate of drug-likeness (QED) is 0.229.